The van der Waals surface area contributed by atoms with E-state index >= 15 is 0 Å². The highest BCUT2D eigenvalue weighted by Crippen LogP contribution is 2.32. The maximum Gasteiger partial charge on any atom is 0.335 e. The van der Waals surface area contributed by atoms with Crippen LogP contribution in [-0.2, 0) is 35.5 Å². The number of non-ortho nitro benzene ring substituents is 1. The van der Waals surface area contributed by atoms with E-state index in [4.69, 9.17) is 19.7 Å². The molecule has 0 unspecified atom stereocenters. The van der Waals surface area contributed by atoms with Gasteiger partial charge in [-0.15, -0.1) is 0 Å². The number of aromatic carboxylic acids is 1. The second-order valence-corrected chi connectivity index (χ2v) is 11.6. The van der Waals surface area contributed by atoms with Gasteiger partial charge in [-0.1, -0.05) is 37.1 Å². The van der Waals surface area contributed by atoms with E-state index in [1.54, 1.807) is 0 Å². The Morgan fingerprint density at radius 3 is 2.02 bits per heavy atom. The standard InChI is InChI=1S/C29H36N2O11S/c1-41-27(35)29(28(36)42-2,21-22-9-11-23(12-10-22)26(33)34)17-5-7-19-30(18-6-3-4-8-20-32)43(39,40)25-15-13-24(14-16-25)31(37)38/h5,7,9-16,32H,3-4,6,8,17-21H2,1-2H3,(H,33,34)/b7-5+. The maximum absolute atomic E-state index is 13.4. The fourth-order valence-electron chi connectivity index (χ4n) is 4.40. The zero-order chi connectivity index (χ0) is 32.0. The molecule has 13 nitrogen and oxygen atoms in total. The lowest BCUT2D eigenvalue weighted by molar-refractivity contribution is -0.384. The largest absolute Gasteiger partial charge is 0.478 e. The Labute approximate surface area is 249 Å². The number of carbonyl (C=O) groups excluding carboxylic acids is 2. The van der Waals surface area contributed by atoms with Crippen LogP contribution >= 0.6 is 0 Å². The monoisotopic (exact) mass is 620 g/mol. The Morgan fingerprint density at radius 2 is 1.51 bits per heavy atom. The van der Waals surface area contributed by atoms with Crippen molar-refractivity contribution in [2.24, 2.45) is 5.41 Å². The lowest BCUT2D eigenvalue weighted by Gasteiger charge is -2.27. The molecular weight excluding hydrogens is 584 g/mol. The number of benzene rings is 2. The molecule has 0 aliphatic heterocycles. The molecule has 0 aromatic heterocycles. The Bertz CT molecular complexity index is 1370. The van der Waals surface area contributed by atoms with Gasteiger partial charge in [0.15, 0.2) is 5.41 Å². The van der Waals surface area contributed by atoms with Gasteiger partial charge in [-0.05, 0) is 55.5 Å². The average Bonchev–Trinajstić information content (AvgIpc) is 3.00. The van der Waals surface area contributed by atoms with Crippen LogP contribution in [-0.4, -0.2) is 79.7 Å². The van der Waals surface area contributed by atoms with Crippen molar-refractivity contribution < 1.29 is 47.4 Å². The van der Waals surface area contributed by atoms with Gasteiger partial charge >= 0.3 is 17.9 Å². The summed E-state index contributed by atoms with van der Waals surface area (Å²) in [7, 11) is -1.84. The topological polar surface area (TPSA) is 191 Å². The number of hydrogen-bond acceptors (Lipinski definition) is 10. The van der Waals surface area contributed by atoms with Crippen LogP contribution in [0.25, 0.3) is 0 Å². The highest BCUT2D eigenvalue weighted by Gasteiger charge is 2.47. The first-order valence-corrected chi connectivity index (χ1v) is 14.9. The Hall–Kier alpha value is -4.14. The Balaban J connectivity index is 2.35. The molecule has 0 aliphatic rings. The second-order valence-electron chi connectivity index (χ2n) is 9.67. The van der Waals surface area contributed by atoms with Crippen LogP contribution in [0.3, 0.4) is 0 Å². The van der Waals surface area contributed by atoms with Crippen molar-refractivity contribution in [3.63, 3.8) is 0 Å². The van der Waals surface area contributed by atoms with Gasteiger partial charge in [-0.25, -0.2) is 13.2 Å². The van der Waals surface area contributed by atoms with Crippen molar-refractivity contribution in [3.05, 3.63) is 81.9 Å². The fourth-order valence-corrected chi connectivity index (χ4v) is 5.83. The van der Waals surface area contributed by atoms with Gasteiger partial charge in [0.2, 0.25) is 10.0 Å². The summed E-state index contributed by atoms with van der Waals surface area (Å²) in [6.45, 7) is 0.00854. The van der Waals surface area contributed by atoms with Gasteiger partial charge in [-0.3, -0.25) is 19.7 Å². The smallest absolute Gasteiger partial charge is 0.335 e. The van der Waals surface area contributed by atoms with E-state index in [0.29, 0.717) is 31.2 Å². The molecule has 0 spiro atoms. The summed E-state index contributed by atoms with van der Waals surface area (Å²) in [6, 6.07) is 10.2. The number of unbranched alkanes of at least 4 members (excludes halogenated alkanes) is 3. The van der Waals surface area contributed by atoms with Gasteiger partial charge in [0, 0.05) is 31.8 Å². The molecule has 0 atom stereocenters. The van der Waals surface area contributed by atoms with Crippen molar-refractivity contribution >= 4 is 33.6 Å². The summed E-state index contributed by atoms with van der Waals surface area (Å²) in [5, 5.41) is 29.2. The third kappa shape index (κ3) is 9.43. The second kappa shape index (κ2) is 16.5. The van der Waals surface area contributed by atoms with Crippen LogP contribution < -0.4 is 0 Å². The molecule has 2 N–H and O–H groups in total. The third-order valence-electron chi connectivity index (χ3n) is 6.80. The van der Waals surface area contributed by atoms with Gasteiger partial charge < -0.3 is 19.7 Å². The fraction of sp³-hybridized carbons (Fsp3) is 0.414. The van der Waals surface area contributed by atoms with Crippen LogP contribution in [0.1, 0.15) is 48.0 Å². The number of carboxylic acids is 1. The van der Waals surface area contributed by atoms with Crippen molar-refractivity contribution in [1.29, 1.82) is 0 Å². The predicted octanol–water partition coefficient (Wildman–Crippen LogP) is 3.36. The highest BCUT2D eigenvalue weighted by molar-refractivity contribution is 7.89. The van der Waals surface area contributed by atoms with Crippen LogP contribution in [0, 0.1) is 15.5 Å². The molecule has 43 heavy (non-hydrogen) atoms. The molecule has 0 fully saturated rings. The zero-order valence-electron chi connectivity index (χ0n) is 24.0. The van der Waals surface area contributed by atoms with Gasteiger partial charge in [-0.2, -0.15) is 4.31 Å². The summed E-state index contributed by atoms with van der Waals surface area (Å²) in [5.41, 5.74) is -1.60. The van der Waals surface area contributed by atoms with E-state index in [0.717, 1.165) is 38.5 Å². The summed E-state index contributed by atoms with van der Waals surface area (Å²) in [4.78, 5) is 47.4. The molecule has 0 saturated heterocycles. The molecule has 2 aromatic rings. The summed E-state index contributed by atoms with van der Waals surface area (Å²) >= 11 is 0. The minimum atomic E-state index is -4.07. The normalized spacial score (nSPS) is 11.9. The number of carbonyl (C=O) groups is 3. The van der Waals surface area contributed by atoms with Crippen LogP contribution in [0.4, 0.5) is 5.69 Å². The average molecular weight is 621 g/mol. The molecule has 14 heteroatoms. The Morgan fingerprint density at radius 1 is 0.930 bits per heavy atom. The number of rotatable bonds is 18. The first-order chi connectivity index (χ1) is 20.4. The van der Waals surface area contributed by atoms with E-state index in [1.165, 1.54) is 40.7 Å². The number of nitro benzene ring substituents is 1. The molecule has 0 radical (unpaired) electrons. The number of allylic oxidation sites excluding steroid dienone is 1. The van der Waals surface area contributed by atoms with E-state index in [2.05, 4.69) is 0 Å². The third-order valence-corrected chi connectivity index (χ3v) is 8.68. The summed E-state index contributed by atoms with van der Waals surface area (Å²) in [6.07, 6.45) is 5.00. The summed E-state index contributed by atoms with van der Waals surface area (Å²) in [5.74, 6) is -2.90. The number of aliphatic hydroxyl groups is 1. The number of ether oxygens (including phenoxy) is 2. The highest BCUT2D eigenvalue weighted by atomic mass is 32.2. The molecule has 0 aliphatic carbocycles. The number of sulfonamides is 1. The zero-order valence-corrected chi connectivity index (χ0v) is 24.8. The number of nitrogens with zero attached hydrogens (tertiary/aromatic N) is 2. The van der Waals surface area contributed by atoms with E-state index in [-0.39, 0.29) is 48.7 Å². The Kier molecular flexibility index (Phi) is 13.4. The van der Waals surface area contributed by atoms with Crippen LogP contribution in [0.2, 0.25) is 0 Å². The van der Waals surface area contributed by atoms with Crippen molar-refractivity contribution in [2.75, 3.05) is 33.9 Å². The number of aliphatic hydroxyl groups excluding tert-OH is 1. The SMILES string of the molecule is COC(=O)C(C/C=C/CN(CCCCCCO)S(=O)(=O)c1ccc([N+](=O)[O-])cc1)(Cc1ccc(C(=O)O)cc1)C(=O)OC. The number of methoxy groups -OCH3 is 2. The van der Waals surface area contributed by atoms with Crippen LogP contribution in [0.5, 0.6) is 0 Å². The van der Waals surface area contributed by atoms with E-state index in [9.17, 15) is 32.9 Å². The lowest BCUT2D eigenvalue weighted by Crippen LogP contribution is -2.43. The summed E-state index contributed by atoms with van der Waals surface area (Å²) < 4.78 is 37.9. The molecule has 234 valence electrons. The quantitative estimate of drug-likeness (QED) is 0.0620. The molecule has 0 saturated carbocycles. The van der Waals surface area contributed by atoms with Crippen LogP contribution in [0.15, 0.2) is 65.6 Å². The molecular formula is C29H36N2O11S. The van der Waals surface area contributed by atoms with Crippen molar-refractivity contribution in [2.45, 2.75) is 43.4 Å². The minimum absolute atomic E-state index is 0.0241. The van der Waals surface area contributed by atoms with Crippen molar-refractivity contribution in [1.82, 2.24) is 4.31 Å². The number of nitro groups is 1. The molecule has 0 amide bonds. The minimum Gasteiger partial charge on any atom is -0.478 e. The molecule has 2 rings (SSSR count). The van der Waals surface area contributed by atoms with Gasteiger partial charge in [0.1, 0.15) is 0 Å². The number of esters is 2. The number of carboxylic acid groups (broad SMARTS) is 1. The number of hydrogen-bond donors (Lipinski definition) is 2. The first kappa shape index (κ1) is 35.1. The predicted molar refractivity (Wildman–Crippen MR) is 155 cm³/mol. The molecule has 0 heterocycles. The van der Waals surface area contributed by atoms with E-state index in [1.807, 2.05) is 0 Å². The maximum atomic E-state index is 13.4. The molecule has 0 bridgehead atoms. The van der Waals surface area contributed by atoms with E-state index < -0.39 is 38.3 Å². The lowest BCUT2D eigenvalue weighted by atomic mass is 9.78. The van der Waals surface area contributed by atoms with Gasteiger partial charge in [0.05, 0.1) is 29.6 Å². The van der Waals surface area contributed by atoms with Crippen molar-refractivity contribution in [3.8, 4) is 0 Å². The molecule has 2 aromatic carbocycles. The first-order valence-electron chi connectivity index (χ1n) is 13.4. The van der Waals surface area contributed by atoms with Gasteiger partial charge in [0.25, 0.3) is 5.69 Å².